The molecular formula is C15H22O4. The number of allylic oxidation sites excluding steroid dienone is 2. The second kappa shape index (κ2) is 5.75. The molecular weight excluding hydrogens is 244 g/mol. The molecule has 0 aromatic carbocycles. The van der Waals surface area contributed by atoms with E-state index in [0.717, 1.165) is 26.1 Å². The summed E-state index contributed by atoms with van der Waals surface area (Å²) in [4.78, 5) is 0. The van der Waals surface area contributed by atoms with Gasteiger partial charge in [0, 0.05) is 5.92 Å². The smallest absolute Gasteiger partial charge is 0.194 e. The van der Waals surface area contributed by atoms with Gasteiger partial charge in [-0.25, -0.2) is 0 Å². The van der Waals surface area contributed by atoms with Crippen LogP contribution in [0.15, 0.2) is 24.3 Å². The van der Waals surface area contributed by atoms with Crippen LogP contribution in [0.3, 0.4) is 0 Å². The summed E-state index contributed by atoms with van der Waals surface area (Å²) in [5.41, 5.74) is 0. The molecule has 0 saturated carbocycles. The van der Waals surface area contributed by atoms with Gasteiger partial charge in [0.25, 0.3) is 0 Å². The molecule has 3 aliphatic rings. The van der Waals surface area contributed by atoms with Crippen molar-refractivity contribution in [3.05, 3.63) is 24.3 Å². The summed E-state index contributed by atoms with van der Waals surface area (Å²) in [6.07, 6.45) is 11.0. The van der Waals surface area contributed by atoms with Gasteiger partial charge in [0.1, 0.15) is 12.2 Å². The molecule has 2 fully saturated rings. The summed E-state index contributed by atoms with van der Waals surface area (Å²) in [6, 6.07) is 0. The lowest BCUT2D eigenvalue weighted by atomic mass is 9.89. The molecule has 4 heteroatoms. The van der Waals surface area contributed by atoms with Crippen molar-refractivity contribution in [3.8, 4) is 0 Å². The highest BCUT2D eigenvalue weighted by atomic mass is 16.7. The van der Waals surface area contributed by atoms with Gasteiger partial charge in [-0.3, -0.25) is 0 Å². The minimum Gasteiger partial charge on any atom is -0.371 e. The van der Waals surface area contributed by atoms with Crippen molar-refractivity contribution in [2.24, 2.45) is 5.92 Å². The Balaban J connectivity index is 1.66. The zero-order valence-corrected chi connectivity index (χ0v) is 11.4. The maximum atomic E-state index is 6.10. The van der Waals surface area contributed by atoms with Gasteiger partial charge < -0.3 is 18.9 Å². The summed E-state index contributed by atoms with van der Waals surface area (Å²) in [5, 5.41) is 0. The first-order valence-corrected chi connectivity index (χ1v) is 7.19. The molecule has 0 N–H and O–H groups in total. The van der Waals surface area contributed by atoms with Crippen LogP contribution in [0.5, 0.6) is 0 Å². The lowest BCUT2D eigenvalue weighted by Crippen LogP contribution is -2.44. The van der Waals surface area contributed by atoms with E-state index in [1.54, 1.807) is 0 Å². The number of ether oxygens (including phenoxy) is 4. The molecule has 2 aliphatic heterocycles. The Labute approximate surface area is 114 Å². The lowest BCUT2D eigenvalue weighted by molar-refractivity contribution is -0.231. The molecule has 0 aromatic heterocycles. The third-order valence-corrected chi connectivity index (χ3v) is 3.69. The standard InChI is InChI=1S/C15H22O4/c1-2-5-12-6-3-4-7-15(12,18-10-13-8-16-13)19-11-14-9-17-14/h3-4,6-7,12-14H,2,5,8-11H2,1H3. The maximum Gasteiger partial charge on any atom is 0.194 e. The van der Waals surface area contributed by atoms with Crippen LogP contribution < -0.4 is 0 Å². The second-order valence-electron chi connectivity index (χ2n) is 5.39. The van der Waals surface area contributed by atoms with Gasteiger partial charge in [0.2, 0.25) is 0 Å². The average molecular weight is 266 g/mol. The molecule has 0 radical (unpaired) electrons. The summed E-state index contributed by atoms with van der Waals surface area (Å²) < 4.78 is 22.7. The van der Waals surface area contributed by atoms with E-state index < -0.39 is 5.79 Å². The van der Waals surface area contributed by atoms with Crippen LogP contribution in [-0.2, 0) is 18.9 Å². The monoisotopic (exact) mass is 266 g/mol. The van der Waals surface area contributed by atoms with Gasteiger partial charge in [-0.05, 0) is 12.5 Å². The van der Waals surface area contributed by atoms with Crippen molar-refractivity contribution in [1.82, 2.24) is 0 Å². The summed E-state index contributed by atoms with van der Waals surface area (Å²) in [7, 11) is 0. The first kappa shape index (κ1) is 13.3. The molecule has 1 aliphatic carbocycles. The fourth-order valence-corrected chi connectivity index (χ4v) is 2.38. The van der Waals surface area contributed by atoms with E-state index in [1.165, 1.54) is 0 Å². The van der Waals surface area contributed by atoms with Gasteiger partial charge in [-0.2, -0.15) is 0 Å². The number of rotatable bonds is 8. The lowest BCUT2D eigenvalue weighted by Gasteiger charge is -2.38. The molecule has 4 nitrogen and oxygen atoms in total. The minimum atomic E-state index is -0.636. The van der Waals surface area contributed by atoms with Crippen LogP contribution >= 0.6 is 0 Å². The van der Waals surface area contributed by atoms with Crippen molar-refractivity contribution in [1.29, 1.82) is 0 Å². The Morgan fingerprint density at radius 3 is 2.26 bits per heavy atom. The van der Waals surface area contributed by atoms with Crippen molar-refractivity contribution >= 4 is 0 Å². The highest BCUT2D eigenvalue weighted by molar-refractivity contribution is 5.19. The molecule has 2 saturated heterocycles. The molecule has 0 aromatic rings. The average Bonchev–Trinajstić information content (AvgIpc) is 3.29. The fourth-order valence-electron chi connectivity index (χ4n) is 2.38. The van der Waals surface area contributed by atoms with Crippen LogP contribution in [-0.4, -0.2) is 44.4 Å². The SMILES string of the molecule is CCCC1C=CC=CC1(OCC1CO1)OCC1CO1. The Morgan fingerprint density at radius 2 is 1.74 bits per heavy atom. The van der Waals surface area contributed by atoms with Crippen LogP contribution in [0.4, 0.5) is 0 Å². The van der Waals surface area contributed by atoms with Crippen LogP contribution in [0, 0.1) is 5.92 Å². The molecule has 2 heterocycles. The van der Waals surface area contributed by atoms with Gasteiger partial charge in [0.15, 0.2) is 5.79 Å². The predicted octanol–water partition coefficient (Wildman–Crippen LogP) is 2.06. The first-order valence-electron chi connectivity index (χ1n) is 7.19. The van der Waals surface area contributed by atoms with Crippen molar-refractivity contribution in [2.45, 2.75) is 37.8 Å². The number of epoxide rings is 2. The predicted molar refractivity (Wildman–Crippen MR) is 70.8 cm³/mol. The summed E-state index contributed by atoms with van der Waals surface area (Å²) in [5.74, 6) is -0.372. The van der Waals surface area contributed by atoms with Crippen molar-refractivity contribution < 1.29 is 18.9 Å². The minimum absolute atomic E-state index is 0.249. The molecule has 3 unspecified atom stereocenters. The molecule has 19 heavy (non-hydrogen) atoms. The summed E-state index contributed by atoms with van der Waals surface area (Å²) in [6.45, 7) is 5.00. The molecule has 0 spiro atoms. The largest absolute Gasteiger partial charge is 0.371 e. The molecule has 3 atom stereocenters. The van der Waals surface area contributed by atoms with E-state index >= 15 is 0 Å². The van der Waals surface area contributed by atoms with Gasteiger partial charge in [-0.15, -0.1) is 0 Å². The quantitative estimate of drug-likeness (QED) is 0.498. The van der Waals surface area contributed by atoms with E-state index in [9.17, 15) is 0 Å². The third-order valence-electron chi connectivity index (χ3n) is 3.69. The maximum absolute atomic E-state index is 6.10. The van der Waals surface area contributed by atoms with E-state index in [4.69, 9.17) is 18.9 Å². The Kier molecular flexibility index (Phi) is 4.03. The number of hydrogen-bond acceptors (Lipinski definition) is 4. The van der Waals surface area contributed by atoms with E-state index in [2.05, 4.69) is 19.1 Å². The summed E-state index contributed by atoms with van der Waals surface area (Å²) >= 11 is 0. The topological polar surface area (TPSA) is 43.5 Å². The van der Waals surface area contributed by atoms with Crippen molar-refractivity contribution in [2.75, 3.05) is 26.4 Å². The highest BCUT2D eigenvalue weighted by Gasteiger charge is 2.41. The van der Waals surface area contributed by atoms with Gasteiger partial charge >= 0.3 is 0 Å². The normalized spacial score (nSPS) is 39.5. The van der Waals surface area contributed by atoms with Crippen LogP contribution in [0.1, 0.15) is 19.8 Å². The Morgan fingerprint density at radius 1 is 1.11 bits per heavy atom. The second-order valence-corrected chi connectivity index (χ2v) is 5.39. The van der Waals surface area contributed by atoms with E-state index in [0.29, 0.717) is 13.2 Å². The van der Waals surface area contributed by atoms with Gasteiger partial charge in [0.05, 0.1) is 26.4 Å². The molecule has 0 bridgehead atoms. The zero-order valence-electron chi connectivity index (χ0n) is 11.4. The third kappa shape index (κ3) is 3.45. The van der Waals surface area contributed by atoms with Crippen molar-refractivity contribution in [3.63, 3.8) is 0 Å². The molecule has 0 amide bonds. The first-order chi connectivity index (χ1) is 9.32. The Bertz CT molecular complexity index is 339. The van der Waals surface area contributed by atoms with E-state index in [-0.39, 0.29) is 18.1 Å². The highest BCUT2D eigenvalue weighted by Crippen LogP contribution is 2.35. The molecule has 106 valence electrons. The fraction of sp³-hybridized carbons (Fsp3) is 0.733. The Hall–Kier alpha value is -0.680. The van der Waals surface area contributed by atoms with E-state index in [1.807, 2.05) is 12.2 Å². The molecule has 3 rings (SSSR count). The van der Waals surface area contributed by atoms with Gasteiger partial charge in [-0.1, -0.05) is 31.6 Å². The zero-order chi connectivity index (χ0) is 13.1. The van der Waals surface area contributed by atoms with Crippen LogP contribution in [0.2, 0.25) is 0 Å². The van der Waals surface area contributed by atoms with Crippen LogP contribution in [0.25, 0.3) is 0 Å². The number of hydrogen-bond donors (Lipinski definition) is 0.